The van der Waals surface area contributed by atoms with Crippen molar-refractivity contribution in [3.63, 3.8) is 0 Å². The summed E-state index contributed by atoms with van der Waals surface area (Å²) in [6.07, 6.45) is 3.29. The number of rotatable bonds is 6. The smallest absolute Gasteiger partial charge is 0.303 e. The maximum absolute atomic E-state index is 10.5. The van der Waals surface area contributed by atoms with Gasteiger partial charge in [-0.2, -0.15) is 0 Å². The van der Waals surface area contributed by atoms with Crippen molar-refractivity contribution in [2.75, 3.05) is 19.7 Å². The SMILES string of the molecule is O=C(O)CCC1CCCCN1CC(O)CO. The summed E-state index contributed by atoms with van der Waals surface area (Å²) in [7, 11) is 0. The molecule has 0 spiro atoms. The van der Waals surface area contributed by atoms with E-state index < -0.39 is 12.1 Å². The third-order valence-corrected chi connectivity index (χ3v) is 3.10. The number of carboxylic acid groups (broad SMARTS) is 1. The second-order valence-electron chi connectivity index (χ2n) is 4.41. The first-order valence-electron chi connectivity index (χ1n) is 5.88. The van der Waals surface area contributed by atoms with E-state index in [0.717, 1.165) is 25.8 Å². The zero-order valence-electron chi connectivity index (χ0n) is 9.51. The molecular weight excluding hydrogens is 210 g/mol. The quantitative estimate of drug-likeness (QED) is 0.602. The van der Waals surface area contributed by atoms with E-state index in [0.29, 0.717) is 13.0 Å². The van der Waals surface area contributed by atoms with E-state index >= 15 is 0 Å². The molecule has 1 saturated heterocycles. The van der Waals surface area contributed by atoms with Crippen LogP contribution in [0.4, 0.5) is 0 Å². The molecule has 5 heteroatoms. The van der Waals surface area contributed by atoms with Gasteiger partial charge in [0.25, 0.3) is 0 Å². The summed E-state index contributed by atoms with van der Waals surface area (Å²) in [5, 5.41) is 26.8. The highest BCUT2D eigenvalue weighted by Gasteiger charge is 2.24. The Hall–Kier alpha value is -0.650. The number of piperidine rings is 1. The van der Waals surface area contributed by atoms with E-state index in [2.05, 4.69) is 4.90 Å². The van der Waals surface area contributed by atoms with Gasteiger partial charge in [0.05, 0.1) is 12.7 Å². The molecule has 1 aliphatic rings. The number of carbonyl (C=O) groups is 1. The van der Waals surface area contributed by atoms with Crippen LogP contribution >= 0.6 is 0 Å². The first kappa shape index (κ1) is 13.4. The van der Waals surface area contributed by atoms with Crippen molar-refractivity contribution < 1.29 is 20.1 Å². The highest BCUT2D eigenvalue weighted by atomic mass is 16.4. The average Bonchev–Trinajstić information content (AvgIpc) is 2.27. The van der Waals surface area contributed by atoms with Crippen LogP contribution in [0.15, 0.2) is 0 Å². The molecule has 16 heavy (non-hydrogen) atoms. The number of likely N-dealkylation sites (tertiary alicyclic amines) is 1. The summed E-state index contributed by atoms with van der Waals surface area (Å²) in [6.45, 7) is 1.10. The molecule has 0 amide bonds. The number of aliphatic hydroxyl groups excluding tert-OH is 2. The Balaban J connectivity index is 2.40. The minimum atomic E-state index is -0.770. The molecule has 0 aromatic heterocycles. The summed E-state index contributed by atoms with van der Waals surface area (Å²) in [5.41, 5.74) is 0. The third kappa shape index (κ3) is 4.47. The summed E-state index contributed by atoms with van der Waals surface area (Å²) in [5.74, 6) is -0.770. The van der Waals surface area contributed by atoms with Crippen molar-refractivity contribution in [2.45, 2.75) is 44.2 Å². The standard InChI is InChI=1S/C11H21NO4/c13-8-10(14)7-12-6-2-1-3-9(12)4-5-11(15)16/h9-10,13-14H,1-8H2,(H,15,16). The van der Waals surface area contributed by atoms with Crippen LogP contribution in [-0.2, 0) is 4.79 Å². The number of aliphatic hydroxyl groups is 2. The molecule has 0 aliphatic carbocycles. The fourth-order valence-electron chi connectivity index (χ4n) is 2.25. The molecule has 3 N–H and O–H groups in total. The molecule has 1 heterocycles. The van der Waals surface area contributed by atoms with E-state index in [4.69, 9.17) is 10.2 Å². The number of hydrogen-bond acceptors (Lipinski definition) is 4. The third-order valence-electron chi connectivity index (χ3n) is 3.10. The Labute approximate surface area is 95.7 Å². The molecule has 1 aliphatic heterocycles. The summed E-state index contributed by atoms with van der Waals surface area (Å²) in [6, 6.07) is 0.242. The van der Waals surface area contributed by atoms with E-state index in [9.17, 15) is 9.90 Å². The molecule has 2 atom stereocenters. The summed E-state index contributed by atoms with van der Waals surface area (Å²) < 4.78 is 0. The summed E-state index contributed by atoms with van der Waals surface area (Å²) >= 11 is 0. The van der Waals surface area contributed by atoms with Crippen LogP contribution < -0.4 is 0 Å². The molecule has 1 rings (SSSR count). The van der Waals surface area contributed by atoms with E-state index in [1.54, 1.807) is 0 Å². The number of β-amino-alcohol motifs (C(OH)–C–C–N with tert-alkyl or cyclic N) is 1. The van der Waals surface area contributed by atoms with Crippen molar-refractivity contribution in [2.24, 2.45) is 0 Å². The fourth-order valence-corrected chi connectivity index (χ4v) is 2.25. The van der Waals surface area contributed by atoms with Gasteiger partial charge in [0, 0.05) is 19.0 Å². The van der Waals surface area contributed by atoms with Gasteiger partial charge in [-0.05, 0) is 25.8 Å². The zero-order chi connectivity index (χ0) is 12.0. The summed E-state index contributed by atoms with van der Waals surface area (Å²) in [4.78, 5) is 12.6. The van der Waals surface area contributed by atoms with E-state index in [-0.39, 0.29) is 19.1 Å². The maximum atomic E-state index is 10.5. The molecular formula is C11H21NO4. The normalized spacial score (nSPS) is 24.2. The van der Waals surface area contributed by atoms with Gasteiger partial charge < -0.3 is 15.3 Å². The minimum absolute atomic E-state index is 0.177. The lowest BCUT2D eigenvalue weighted by molar-refractivity contribution is -0.137. The molecule has 2 unspecified atom stereocenters. The first-order chi connectivity index (χ1) is 7.63. The number of carboxylic acids is 1. The highest BCUT2D eigenvalue weighted by Crippen LogP contribution is 2.20. The largest absolute Gasteiger partial charge is 0.481 e. The molecule has 0 bridgehead atoms. The van der Waals surface area contributed by atoms with Crippen molar-refractivity contribution >= 4 is 5.97 Å². The van der Waals surface area contributed by atoms with E-state index in [1.165, 1.54) is 0 Å². The van der Waals surface area contributed by atoms with Gasteiger partial charge in [0.15, 0.2) is 0 Å². The monoisotopic (exact) mass is 231 g/mol. The second kappa shape index (κ2) is 6.83. The Morgan fingerprint density at radius 3 is 2.81 bits per heavy atom. The average molecular weight is 231 g/mol. The predicted octanol–water partition coefficient (Wildman–Crippen LogP) is 0.0589. The van der Waals surface area contributed by atoms with Crippen LogP contribution in [0.2, 0.25) is 0 Å². The number of nitrogens with zero attached hydrogens (tertiary/aromatic N) is 1. The molecule has 1 fully saturated rings. The number of aliphatic carboxylic acids is 1. The minimum Gasteiger partial charge on any atom is -0.481 e. The van der Waals surface area contributed by atoms with Gasteiger partial charge in [-0.1, -0.05) is 6.42 Å². The lowest BCUT2D eigenvalue weighted by atomic mass is 9.97. The van der Waals surface area contributed by atoms with Crippen LogP contribution in [0.1, 0.15) is 32.1 Å². The van der Waals surface area contributed by atoms with Gasteiger partial charge in [-0.25, -0.2) is 0 Å². The topological polar surface area (TPSA) is 81.0 Å². The van der Waals surface area contributed by atoms with Crippen LogP contribution in [0.25, 0.3) is 0 Å². The molecule has 0 aromatic carbocycles. The Morgan fingerprint density at radius 2 is 2.19 bits per heavy atom. The van der Waals surface area contributed by atoms with Crippen LogP contribution in [0.3, 0.4) is 0 Å². The van der Waals surface area contributed by atoms with Crippen molar-refractivity contribution in [3.8, 4) is 0 Å². The first-order valence-corrected chi connectivity index (χ1v) is 5.88. The Morgan fingerprint density at radius 1 is 1.44 bits per heavy atom. The van der Waals surface area contributed by atoms with Crippen molar-refractivity contribution in [1.29, 1.82) is 0 Å². The molecule has 94 valence electrons. The fraction of sp³-hybridized carbons (Fsp3) is 0.909. The van der Waals surface area contributed by atoms with Crippen LogP contribution in [0, 0.1) is 0 Å². The van der Waals surface area contributed by atoms with Gasteiger partial charge in [-0.15, -0.1) is 0 Å². The molecule has 0 aromatic rings. The van der Waals surface area contributed by atoms with Crippen LogP contribution in [0.5, 0.6) is 0 Å². The van der Waals surface area contributed by atoms with Crippen molar-refractivity contribution in [3.05, 3.63) is 0 Å². The maximum Gasteiger partial charge on any atom is 0.303 e. The van der Waals surface area contributed by atoms with Gasteiger partial charge in [-0.3, -0.25) is 9.69 Å². The number of hydrogen-bond donors (Lipinski definition) is 3. The van der Waals surface area contributed by atoms with Crippen molar-refractivity contribution in [1.82, 2.24) is 4.90 Å². The Kier molecular flexibility index (Phi) is 5.73. The predicted molar refractivity (Wildman–Crippen MR) is 59.2 cm³/mol. The molecule has 0 radical (unpaired) electrons. The lowest BCUT2D eigenvalue weighted by Crippen LogP contribution is -2.44. The van der Waals surface area contributed by atoms with Gasteiger partial charge in [0.2, 0.25) is 0 Å². The van der Waals surface area contributed by atoms with E-state index in [1.807, 2.05) is 0 Å². The van der Waals surface area contributed by atoms with Gasteiger partial charge >= 0.3 is 5.97 Å². The lowest BCUT2D eigenvalue weighted by Gasteiger charge is -2.36. The molecule has 0 saturated carbocycles. The van der Waals surface area contributed by atoms with Crippen LogP contribution in [-0.4, -0.2) is 58.0 Å². The van der Waals surface area contributed by atoms with Gasteiger partial charge in [0.1, 0.15) is 0 Å². The zero-order valence-corrected chi connectivity index (χ0v) is 9.51. The highest BCUT2D eigenvalue weighted by molar-refractivity contribution is 5.66. The Bertz CT molecular complexity index is 222. The second-order valence-corrected chi connectivity index (χ2v) is 4.41. The molecule has 5 nitrogen and oxygen atoms in total.